The van der Waals surface area contributed by atoms with E-state index in [4.69, 9.17) is 5.11 Å². The number of carbonyl (C=O) groups excluding carboxylic acids is 1. The maximum Gasteiger partial charge on any atom is 0.326 e. The number of nitrogens with zero attached hydrogens (tertiary/aromatic N) is 1. The third-order valence-corrected chi connectivity index (χ3v) is 3.72. The summed E-state index contributed by atoms with van der Waals surface area (Å²) in [6, 6.07) is 7.91. The Balaban J connectivity index is 2.15. The molecule has 0 saturated carbocycles. The molecule has 0 spiro atoms. The number of aliphatic carboxylic acids is 1. The lowest BCUT2D eigenvalue weighted by molar-refractivity contribution is -0.139. The molecule has 0 aliphatic rings. The largest absolute Gasteiger partial charge is 0.480 e. The maximum atomic E-state index is 12.2. The minimum Gasteiger partial charge on any atom is -0.480 e. The van der Waals surface area contributed by atoms with Crippen molar-refractivity contribution in [3.05, 3.63) is 42.1 Å². The summed E-state index contributed by atoms with van der Waals surface area (Å²) in [5.41, 5.74) is 1.23. The number of rotatable bonds is 6. The van der Waals surface area contributed by atoms with Crippen LogP contribution >= 0.6 is 11.8 Å². The zero-order chi connectivity index (χ0) is 15.2. The normalized spacial score (nSPS) is 12.0. The van der Waals surface area contributed by atoms with Crippen molar-refractivity contribution in [1.29, 1.82) is 0 Å². The first-order valence-electron chi connectivity index (χ1n) is 6.49. The lowest BCUT2D eigenvalue weighted by Crippen LogP contribution is -2.41. The van der Waals surface area contributed by atoms with Crippen LogP contribution in [0.1, 0.15) is 16.8 Å². The monoisotopic (exact) mass is 304 g/mol. The fourth-order valence-corrected chi connectivity index (χ4v) is 2.42. The number of aromatic nitrogens is 1. The van der Waals surface area contributed by atoms with Gasteiger partial charge >= 0.3 is 5.97 Å². The Hall–Kier alpha value is -2.08. The molecule has 1 aromatic carbocycles. The molecule has 110 valence electrons. The molecule has 2 aromatic rings. The van der Waals surface area contributed by atoms with Gasteiger partial charge in [0, 0.05) is 17.1 Å². The molecule has 21 heavy (non-hydrogen) atoms. The minimum absolute atomic E-state index is 0.380. The van der Waals surface area contributed by atoms with Crippen molar-refractivity contribution in [2.75, 3.05) is 12.0 Å². The lowest BCUT2D eigenvalue weighted by Gasteiger charge is -2.14. The van der Waals surface area contributed by atoms with Crippen LogP contribution in [0.5, 0.6) is 0 Å². The Kier molecular flexibility index (Phi) is 5.16. The van der Waals surface area contributed by atoms with E-state index in [-0.39, 0.29) is 5.91 Å². The van der Waals surface area contributed by atoms with Crippen LogP contribution in [0.25, 0.3) is 10.9 Å². The van der Waals surface area contributed by atoms with E-state index < -0.39 is 12.0 Å². The summed E-state index contributed by atoms with van der Waals surface area (Å²) < 4.78 is 0. The number of hydrogen-bond acceptors (Lipinski definition) is 4. The van der Waals surface area contributed by atoms with E-state index in [0.29, 0.717) is 17.7 Å². The van der Waals surface area contributed by atoms with Crippen molar-refractivity contribution in [2.45, 2.75) is 12.5 Å². The third-order valence-electron chi connectivity index (χ3n) is 3.08. The van der Waals surface area contributed by atoms with Gasteiger partial charge in [0.2, 0.25) is 0 Å². The second-order valence-corrected chi connectivity index (χ2v) is 5.54. The summed E-state index contributed by atoms with van der Waals surface area (Å²) in [4.78, 5) is 27.5. The predicted molar refractivity (Wildman–Crippen MR) is 83.6 cm³/mol. The van der Waals surface area contributed by atoms with Crippen molar-refractivity contribution in [2.24, 2.45) is 0 Å². The van der Waals surface area contributed by atoms with Gasteiger partial charge in [0.15, 0.2) is 0 Å². The molecule has 0 aliphatic carbocycles. The Bertz CT molecular complexity index is 660. The number of carboxylic acids is 1. The molecule has 0 aliphatic heterocycles. The number of nitrogens with one attached hydrogen (secondary N) is 1. The molecule has 0 fully saturated rings. The number of pyridine rings is 1. The number of fused-ring (bicyclic) bond motifs is 1. The maximum absolute atomic E-state index is 12.2. The molecular formula is C15H16N2O3S. The summed E-state index contributed by atoms with van der Waals surface area (Å²) in [6.07, 6.45) is 3.99. The second-order valence-electron chi connectivity index (χ2n) is 4.56. The highest BCUT2D eigenvalue weighted by atomic mass is 32.2. The van der Waals surface area contributed by atoms with Gasteiger partial charge in [0.25, 0.3) is 5.91 Å². The molecule has 1 heterocycles. The molecule has 2 rings (SSSR count). The van der Waals surface area contributed by atoms with Gasteiger partial charge in [-0.25, -0.2) is 4.79 Å². The van der Waals surface area contributed by atoms with E-state index >= 15 is 0 Å². The summed E-state index contributed by atoms with van der Waals surface area (Å²) in [5.74, 6) is -0.715. The van der Waals surface area contributed by atoms with Crippen LogP contribution in [-0.4, -0.2) is 40.0 Å². The smallest absolute Gasteiger partial charge is 0.326 e. The molecule has 6 heteroatoms. The average molecular weight is 304 g/mol. The molecule has 0 radical (unpaired) electrons. The summed E-state index contributed by atoms with van der Waals surface area (Å²) in [5, 5.41) is 12.5. The predicted octanol–water partition coefficient (Wildman–Crippen LogP) is 2.17. The molecule has 1 aromatic heterocycles. The first-order chi connectivity index (χ1) is 10.1. The molecule has 2 N–H and O–H groups in total. The standard InChI is InChI=1S/C15H16N2O3S/c1-21-8-6-13(15(19)20)17-14(18)11-4-5-12-10(9-11)3-2-7-16-12/h2-5,7,9,13H,6,8H2,1H3,(H,17,18)(H,19,20). The number of benzene rings is 1. The van der Waals surface area contributed by atoms with E-state index in [1.807, 2.05) is 12.3 Å². The Labute approximate surface area is 126 Å². The highest BCUT2D eigenvalue weighted by molar-refractivity contribution is 7.98. The van der Waals surface area contributed by atoms with Gasteiger partial charge in [0.05, 0.1) is 5.52 Å². The van der Waals surface area contributed by atoms with Crippen LogP contribution in [0.3, 0.4) is 0 Å². The SMILES string of the molecule is CSCCC(NC(=O)c1ccc2ncccc2c1)C(=O)O. The van der Waals surface area contributed by atoms with E-state index in [0.717, 1.165) is 10.9 Å². The number of hydrogen-bond donors (Lipinski definition) is 2. The summed E-state index contributed by atoms with van der Waals surface area (Å²) in [6.45, 7) is 0. The van der Waals surface area contributed by atoms with Gasteiger partial charge in [-0.15, -0.1) is 0 Å². The Morgan fingerprint density at radius 1 is 1.38 bits per heavy atom. The molecule has 0 bridgehead atoms. The van der Waals surface area contributed by atoms with Gasteiger partial charge in [-0.1, -0.05) is 6.07 Å². The quantitative estimate of drug-likeness (QED) is 0.855. The summed E-state index contributed by atoms with van der Waals surface area (Å²) in [7, 11) is 0. The van der Waals surface area contributed by atoms with Gasteiger partial charge < -0.3 is 10.4 Å². The van der Waals surface area contributed by atoms with Crippen LogP contribution < -0.4 is 5.32 Å². The highest BCUT2D eigenvalue weighted by Crippen LogP contribution is 2.13. The van der Waals surface area contributed by atoms with Crippen LogP contribution in [0, 0.1) is 0 Å². The fourth-order valence-electron chi connectivity index (χ4n) is 1.95. The van der Waals surface area contributed by atoms with Gasteiger partial charge in [-0.2, -0.15) is 11.8 Å². The van der Waals surface area contributed by atoms with Crippen molar-refractivity contribution < 1.29 is 14.7 Å². The topological polar surface area (TPSA) is 79.3 Å². The average Bonchev–Trinajstić information content (AvgIpc) is 2.50. The molecule has 5 nitrogen and oxygen atoms in total. The van der Waals surface area contributed by atoms with Gasteiger partial charge in [-0.3, -0.25) is 9.78 Å². The van der Waals surface area contributed by atoms with E-state index in [2.05, 4.69) is 10.3 Å². The van der Waals surface area contributed by atoms with Gasteiger partial charge in [-0.05, 0) is 42.7 Å². The van der Waals surface area contributed by atoms with Crippen LogP contribution in [-0.2, 0) is 4.79 Å². The Morgan fingerprint density at radius 2 is 2.19 bits per heavy atom. The first-order valence-corrected chi connectivity index (χ1v) is 7.88. The fraction of sp³-hybridized carbons (Fsp3) is 0.267. The van der Waals surface area contributed by atoms with E-state index in [9.17, 15) is 9.59 Å². The molecule has 1 amide bonds. The number of carbonyl (C=O) groups is 2. The third kappa shape index (κ3) is 3.95. The zero-order valence-electron chi connectivity index (χ0n) is 11.6. The number of amides is 1. The van der Waals surface area contributed by atoms with E-state index in [1.165, 1.54) is 0 Å². The summed E-state index contributed by atoms with van der Waals surface area (Å²) >= 11 is 1.55. The van der Waals surface area contributed by atoms with Crippen LogP contribution in [0.15, 0.2) is 36.5 Å². The van der Waals surface area contributed by atoms with Crippen molar-refractivity contribution in [1.82, 2.24) is 10.3 Å². The molecule has 1 atom stereocenters. The van der Waals surface area contributed by atoms with Gasteiger partial charge in [0.1, 0.15) is 6.04 Å². The zero-order valence-corrected chi connectivity index (χ0v) is 12.4. The van der Waals surface area contributed by atoms with E-state index in [1.54, 1.807) is 42.2 Å². The highest BCUT2D eigenvalue weighted by Gasteiger charge is 2.20. The Morgan fingerprint density at radius 3 is 2.90 bits per heavy atom. The molecule has 1 unspecified atom stereocenters. The number of carboxylic acid groups (broad SMARTS) is 1. The van der Waals surface area contributed by atoms with Crippen molar-refractivity contribution >= 4 is 34.5 Å². The van der Waals surface area contributed by atoms with Crippen LogP contribution in [0.4, 0.5) is 0 Å². The number of thioether (sulfide) groups is 1. The lowest BCUT2D eigenvalue weighted by atomic mass is 10.1. The second kappa shape index (κ2) is 7.08. The van der Waals surface area contributed by atoms with Crippen molar-refractivity contribution in [3.63, 3.8) is 0 Å². The molecular weight excluding hydrogens is 288 g/mol. The molecule has 0 saturated heterocycles. The minimum atomic E-state index is -1.01. The first kappa shape index (κ1) is 15.3. The van der Waals surface area contributed by atoms with Crippen LogP contribution in [0.2, 0.25) is 0 Å². The van der Waals surface area contributed by atoms with Crippen molar-refractivity contribution in [3.8, 4) is 0 Å².